The van der Waals surface area contributed by atoms with Crippen molar-refractivity contribution in [3.63, 3.8) is 0 Å². The Morgan fingerprint density at radius 2 is 0.559 bits per heavy atom. The molecular formula is C24H28Mo2N4O4+4. The average molecular weight is 628 g/mol. The van der Waals surface area contributed by atoms with Crippen molar-refractivity contribution in [2.45, 2.75) is 27.7 Å². The second-order valence-corrected chi connectivity index (χ2v) is 6.55. The Hall–Kier alpha value is -2.82. The fraction of sp³-hybridized carbons (Fsp3) is 0.167. The van der Waals surface area contributed by atoms with Gasteiger partial charge in [-0.25, -0.2) is 0 Å². The van der Waals surface area contributed by atoms with Gasteiger partial charge in [-0.3, -0.25) is 19.2 Å². The summed E-state index contributed by atoms with van der Waals surface area (Å²) in [7, 11) is 0. The largest absolute Gasteiger partial charge is 2.00 e. The smallest absolute Gasteiger partial charge is 0.577 e. The fourth-order valence-corrected chi connectivity index (χ4v) is 2.11. The monoisotopic (exact) mass is 632 g/mol. The summed E-state index contributed by atoms with van der Waals surface area (Å²) in [6, 6.07) is 20.6. The number of pyridine rings is 4. The Kier molecular flexibility index (Phi) is 18.2. The Balaban J connectivity index is 0. The average Bonchev–Trinajstić information content (AvgIpc) is 2.69. The summed E-state index contributed by atoms with van der Waals surface area (Å²) in [6.45, 7) is 7.33. The molecule has 0 fully saturated rings. The van der Waals surface area contributed by atoms with Gasteiger partial charge in [0.05, 0.1) is 0 Å². The van der Waals surface area contributed by atoms with E-state index in [2.05, 4.69) is 19.9 Å². The molecule has 4 aromatic rings. The standard InChI is InChI=1S/4C6H7NO.2Mo/c4*1-5-3-2-4-6(8)7-5;;/h4*2-4H,1H3,(H,7,8);;/q;;;;2*+2. The van der Waals surface area contributed by atoms with E-state index in [0.717, 1.165) is 22.8 Å². The van der Waals surface area contributed by atoms with Gasteiger partial charge in [-0.05, 0) is 0 Å². The molecule has 0 unspecified atom stereocenters. The molecule has 0 saturated carbocycles. The summed E-state index contributed by atoms with van der Waals surface area (Å²) < 4.78 is 0. The molecule has 176 valence electrons. The van der Waals surface area contributed by atoms with E-state index in [1.807, 2.05) is 52.0 Å². The normalized spacial score (nSPS) is 8.59. The van der Waals surface area contributed by atoms with Gasteiger partial charge in [-0.15, -0.1) is 0 Å². The molecule has 34 heavy (non-hydrogen) atoms. The zero-order valence-electron chi connectivity index (χ0n) is 19.3. The third-order valence-electron chi connectivity index (χ3n) is 3.49. The van der Waals surface area contributed by atoms with Crippen molar-refractivity contribution in [3.05, 3.63) is 118 Å². The van der Waals surface area contributed by atoms with Gasteiger partial charge in [0.2, 0.25) is 0 Å². The number of hydrogen-bond donors (Lipinski definition) is 0. The molecule has 0 amide bonds. The first-order valence-corrected chi connectivity index (χ1v) is 9.66. The maximum atomic E-state index is 8.70. The van der Waals surface area contributed by atoms with E-state index in [9.17, 15) is 0 Å². The molecule has 4 aromatic heterocycles. The fourth-order valence-electron chi connectivity index (χ4n) is 2.11. The first-order chi connectivity index (χ1) is 15.2. The van der Waals surface area contributed by atoms with Crippen molar-refractivity contribution in [2.24, 2.45) is 0 Å². The Labute approximate surface area is 225 Å². The maximum Gasteiger partial charge on any atom is 2.00 e. The van der Waals surface area contributed by atoms with Gasteiger partial charge in [-0.1, -0.05) is 76.2 Å². The molecule has 0 aromatic carbocycles. The summed E-state index contributed by atoms with van der Waals surface area (Å²) in [6.07, 6.45) is 0. The molecule has 4 heterocycles. The van der Waals surface area contributed by atoms with Crippen LogP contribution in [-0.2, 0) is 42.1 Å². The van der Waals surface area contributed by atoms with Crippen LogP contribution in [0.1, 0.15) is 22.8 Å². The van der Waals surface area contributed by atoms with Crippen molar-refractivity contribution in [1.29, 1.82) is 0 Å². The Bertz CT molecular complexity index is 1120. The van der Waals surface area contributed by atoms with Crippen LogP contribution in [-0.4, -0.2) is 19.2 Å². The number of nitrogens with zero attached hydrogens (tertiary/aromatic N) is 4. The van der Waals surface area contributed by atoms with Crippen LogP contribution in [0, 0.1) is 27.7 Å². The molecule has 0 aliphatic carbocycles. The molecule has 4 N–H and O–H groups in total. The first-order valence-electron chi connectivity index (χ1n) is 9.66. The van der Waals surface area contributed by atoms with Gasteiger partial charge in [-0.2, -0.15) is 22.8 Å². The van der Waals surface area contributed by atoms with Crippen LogP contribution in [0.25, 0.3) is 0 Å². The van der Waals surface area contributed by atoms with Crippen LogP contribution >= 0.6 is 0 Å². The number of hydrogen-bond acceptors (Lipinski definition) is 0. The molecule has 0 aliphatic heterocycles. The minimum absolute atomic E-state index is 0. The van der Waals surface area contributed by atoms with Crippen molar-refractivity contribution < 1.29 is 61.3 Å². The predicted octanol–water partition coefficient (Wildman–Crippen LogP) is -0.178. The summed E-state index contributed by atoms with van der Waals surface area (Å²) in [4.78, 5) is 49.7. The number of rotatable bonds is 0. The van der Waals surface area contributed by atoms with E-state index in [1.165, 1.54) is 0 Å². The molecule has 0 spiro atoms. The van der Waals surface area contributed by atoms with E-state index in [1.54, 1.807) is 48.5 Å². The van der Waals surface area contributed by atoms with Crippen LogP contribution in [0.3, 0.4) is 0 Å². The maximum absolute atomic E-state index is 8.70. The molecule has 0 atom stereocenters. The molecular weight excluding hydrogens is 600 g/mol. The van der Waals surface area contributed by atoms with E-state index in [0.29, 0.717) is 0 Å². The minimum Gasteiger partial charge on any atom is -0.577 e. The van der Waals surface area contributed by atoms with E-state index < -0.39 is 0 Å². The second kappa shape index (κ2) is 18.6. The van der Waals surface area contributed by atoms with Crippen molar-refractivity contribution in [1.82, 2.24) is 19.9 Å². The van der Waals surface area contributed by atoms with Crippen LogP contribution < -0.4 is 42.2 Å². The van der Waals surface area contributed by atoms with Crippen LogP contribution in [0.15, 0.2) is 72.8 Å². The molecule has 10 heteroatoms. The summed E-state index contributed by atoms with van der Waals surface area (Å²) >= 11 is 0. The van der Waals surface area contributed by atoms with Gasteiger partial charge in [0.1, 0.15) is 0 Å². The Morgan fingerprint density at radius 1 is 0.382 bits per heavy atom. The molecule has 0 saturated heterocycles. The topological polar surface area (TPSA) is 142 Å². The van der Waals surface area contributed by atoms with E-state index >= 15 is 0 Å². The molecule has 0 radical (unpaired) electrons. The minimum atomic E-state index is 0. The van der Waals surface area contributed by atoms with Crippen molar-refractivity contribution >= 4 is 0 Å². The van der Waals surface area contributed by atoms with E-state index in [-0.39, 0.29) is 64.4 Å². The quantitative estimate of drug-likeness (QED) is 0.197. The molecule has 0 aliphatic rings. The summed E-state index contributed by atoms with van der Waals surface area (Å²) in [5.41, 5.74) is 3.70. The molecule has 4 rings (SSSR count). The number of aryl methyl sites for hydroxylation is 4. The first kappa shape index (κ1) is 33.4. The van der Waals surface area contributed by atoms with Gasteiger partial charge in [0.25, 0.3) is 22.2 Å². The number of aromatic nitrogens is 4. The third-order valence-corrected chi connectivity index (χ3v) is 3.49. The van der Waals surface area contributed by atoms with Crippen LogP contribution in [0.5, 0.6) is 0 Å². The Morgan fingerprint density at radius 3 is 0.647 bits per heavy atom. The van der Waals surface area contributed by atoms with Crippen molar-refractivity contribution in [3.8, 4) is 0 Å². The van der Waals surface area contributed by atoms with Gasteiger partial charge >= 0.3 is 42.1 Å². The third kappa shape index (κ3) is 16.8. The second-order valence-electron chi connectivity index (χ2n) is 6.55. The zero-order valence-corrected chi connectivity index (χ0v) is 23.3. The summed E-state index contributed by atoms with van der Waals surface area (Å²) in [5.74, 6) is 0. The predicted molar refractivity (Wildman–Crippen MR) is 118 cm³/mol. The van der Waals surface area contributed by atoms with Gasteiger partial charge < -0.3 is 19.9 Å². The molecule has 8 nitrogen and oxygen atoms in total. The van der Waals surface area contributed by atoms with Gasteiger partial charge in [0.15, 0.2) is 0 Å². The SMILES string of the molecule is Cc1cccc(=[OH+])[n-]1.Cc1cccc(=[OH+])[n-]1.Cc1cccc(=[OH+])[n-]1.Cc1cccc(=[OH+])[n-]1.[Mo+2].[Mo+2]. The summed E-state index contributed by atoms with van der Waals surface area (Å²) in [5, 5.41) is 0. The van der Waals surface area contributed by atoms with Crippen LogP contribution in [0.4, 0.5) is 0 Å². The molecule has 0 bridgehead atoms. The zero-order chi connectivity index (χ0) is 23.9. The van der Waals surface area contributed by atoms with Gasteiger partial charge in [0, 0.05) is 24.3 Å². The van der Waals surface area contributed by atoms with Crippen LogP contribution in [0.2, 0.25) is 0 Å². The van der Waals surface area contributed by atoms with Crippen molar-refractivity contribution in [2.75, 3.05) is 0 Å². The van der Waals surface area contributed by atoms with E-state index in [4.69, 9.17) is 19.2 Å².